The van der Waals surface area contributed by atoms with Crippen molar-refractivity contribution in [2.45, 2.75) is 25.9 Å². The van der Waals surface area contributed by atoms with Crippen LogP contribution in [0.4, 0.5) is 5.69 Å². The average molecular weight is 327 g/mol. The minimum atomic E-state index is -0.184. The van der Waals surface area contributed by atoms with Gasteiger partial charge in [0.05, 0.1) is 12.1 Å². The topological polar surface area (TPSA) is 76.2 Å². The van der Waals surface area contributed by atoms with Crippen LogP contribution in [0.15, 0.2) is 36.7 Å². The molecular formula is C18H25N5O. The Morgan fingerprint density at radius 3 is 2.71 bits per heavy atom. The van der Waals surface area contributed by atoms with Crippen LogP contribution in [0.2, 0.25) is 0 Å². The van der Waals surface area contributed by atoms with Crippen LogP contribution in [0.25, 0.3) is 0 Å². The zero-order valence-corrected chi connectivity index (χ0v) is 14.1. The third-order valence-corrected chi connectivity index (χ3v) is 4.54. The van der Waals surface area contributed by atoms with E-state index in [2.05, 4.69) is 39.6 Å². The van der Waals surface area contributed by atoms with Gasteiger partial charge in [-0.25, -0.2) is 0 Å². The first-order chi connectivity index (χ1) is 11.6. The monoisotopic (exact) mass is 327 g/mol. The van der Waals surface area contributed by atoms with Gasteiger partial charge in [0.1, 0.15) is 0 Å². The number of carbonyl (C=O) groups excluding carboxylic acids is 1. The van der Waals surface area contributed by atoms with Gasteiger partial charge in [0, 0.05) is 50.7 Å². The fourth-order valence-corrected chi connectivity index (χ4v) is 3.18. The van der Waals surface area contributed by atoms with Crippen LogP contribution in [-0.2, 0) is 24.9 Å². The molecule has 0 unspecified atom stereocenters. The molecule has 3 N–H and O–H groups in total. The van der Waals surface area contributed by atoms with Crippen LogP contribution in [-0.4, -0.2) is 28.8 Å². The molecule has 6 heteroatoms. The molecule has 24 heavy (non-hydrogen) atoms. The van der Waals surface area contributed by atoms with E-state index in [9.17, 15) is 4.79 Å². The van der Waals surface area contributed by atoms with Crippen LogP contribution in [0, 0.1) is 5.92 Å². The predicted octanol–water partition coefficient (Wildman–Crippen LogP) is 1.41. The number of amides is 1. The second-order valence-corrected chi connectivity index (χ2v) is 6.48. The second-order valence-electron chi connectivity index (χ2n) is 6.48. The van der Waals surface area contributed by atoms with Crippen LogP contribution in [0.5, 0.6) is 0 Å². The quantitative estimate of drug-likeness (QED) is 0.841. The van der Waals surface area contributed by atoms with Crippen molar-refractivity contribution >= 4 is 11.6 Å². The van der Waals surface area contributed by atoms with E-state index in [0.717, 1.165) is 44.7 Å². The lowest BCUT2D eigenvalue weighted by atomic mass is 9.97. The van der Waals surface area contributed by atoms with Gasteiger partial charge in [-0.2, -0.15) is 5.10 Å². The lowest BCUT2D eigenvalue weighted by molar-refractivity contribution is -0.122. The van der Waals surface area contributed by atoms with Crippen LogP contribution in [0.1, 0.15) is 24.0 Å². The molecule has 0 radical (unpaired) electrons. The minimum absolute atomic E-state index is 0.0282. The summed E-state index contributed by atoms with van der Waals surface area (Å²) in [5.74, 6) is -0.213. The molecule has 0 spiro atoms. The number of rotatable bonds is 6. The van der Waals surface area contributed by atoms with E-state index in [1.165, 1.54) is 11.1 Å². The summed E-state index contributed by atoms with van der Waals surface area (Å²) >= 11 is 0. The number of piperidine rings is 1. The Bertz CT molecular complexity index is 679. The number of anilines is 1. The summed E-state index contributed by atoms with van der Waals surface area (Å²) in [7, 11) is 1.92. The molecule has 2 heterocycles. The molecule has 0 saturated carbocycles. The molecule has 1 aliphatic heterocycles. The summed E-state index contributed by atoms with van der Waals surface area (Å²) in [6, 6.07) is 8.54. The van der Waals surface area contributed by atoms with Crippen molar-refractivity contribution in [3.05, 3.63) is 47.8 Å². The summed E-state index contributed by atoms with van der Waals surface area (Å²) in [5.41, 5.74) is 9.04. The number of hydrogen-bond donors (Lipinski definition) is 2. The van der Waals surface area contributed by atoms with Gasteiger partial charge in [0.25, 0.3) is 0 Å². The fourth-order valence-electron chi connectivity index (χ4n) is 3.18. The maximum Gasteiger partial charge on any atom is 0.222 e. The van der Waals surface area contributed by atoms with E-state index in [0.29, 0.717) is 0 Å². The van der Waals surface area contributed by atoms with E-state index in [4.69, 9.17) is 5.73 Å². The van der Waals surface area contributed by atoms with Gasteiger partial charge in [-0.1, -0.05) is 12.1 Å². The summed E-state index contributed by atoms with van der Waals surface area (Å²) in [5, 5.41) is 7.59. The van der Waals surface area contributed by atoms with Gasteiger partial charge in [0.15, 0.2) is 0 Å². The number of nitrogens with zero attached hydrogens (tertiary/aromatic N) is 3. The molecular weight excluding hydrogens is 302 g/mol. The van der Waals surface area contributed by atoms with Crippen molar-refractivity contribution in [1.29, 1.82) is 0 Å². The summed E-state index contributed by atoms with van der Waals surface area (Å²) < 4.78 is 1.81. The number of primary amides is 1. The van der Waals surface area contributed by atoms with Crippen LogP contribution < -0.4 is 16.0 Å². The molecule has 6 nitrogen and oxygen atoms in total. The molecule has 1 atom stereocenters. The molecule has 3 rings (SSSR count). The lowest BCUT2D eigenvalue weighted by Gasteiger charge is -2.33. The van der Waals surface area contributed by atoms with Gasteiger partial charge in [-0.05, 0) is 30.5 Å². The third-order valence-electron chi connectivity index (χ3n) is 4.54. The van der Waals surface area contributed by atoms with Crippen LogP contribution in [0.3, 0.4) is 0 Å². The van der Waals surface area contributed by atoms with Crippen LogP contribution >= 0.6 is 0 Å². The maximum absolute atomic E-state index is 11.4. The molecule has 1 amide bonds. The number of nitrogens with one attached hydrogen (secondary N) is 1. The van der Waals surface area contributed by atoms with E-state index in [1.54, 1.807) is 0 Å². The third kappa shape index (κ3) is 4.14. The Morgan fingerprint density at radius 1 is 1.29 bits per heavy atom. The molecule has 1 fully saturated rings. The average Bonchev–Trinajstić information content (AvgIpc) is 3.01. The molecule has 0 bridgehead atoms. The highest BCUT2D eigenvalue weighted by atomic mass is 16.1. The zero-order valence-electron chi connectivity index (χ0n) is 14.1. The van der Waals surface area contributed by atoms with Crippen molar-refractivity contribution in [1.82, 2.24) is 15.1 Å². The van der Waals surface area contributed by atoms with Crippen molar-refractivity contribution in [2.75, 3.05) is 18.0 Å². The molecule has 1 saturated heterocycles. The van der Waals surface area contributed by atoms with E-state index in [1.807, 2.05) is 24.1 Å². The SMILES string of the molecule is Cn1cc(CNCc2ccc(N3CCC[C@H](C(N)=O)C3)cc2)cn1. The maximum atomic E-state index is 11.4. The van der Waals surface area contributed by atoms with Gasteiger partial charge in [0.2, 0.25) is 5.91 Å². The smallest absolute Gasteiger partial charge is 0.222 e. The predicted molar refractivity (Wildman–Crippen MR) is 94.3 cm³/mol. The standard InChI is InChI=1S/C18H25N5O/c1-22-12-15(11-21-22)10-20-9-14-4-6-17(7-5-14)23-8-2-3-16(13-23)18(19)24/h4-7,11-12,16,20H,2-3,8-10,13H2,1H3,(H2,19,24)/t16-/m0/s1. The Labute approximate surface area is 142 Å². The number of nitrogens with two attached hydrogens (primary N) is 1. The Morgan fingerprint density at radius 2 is 2.04 bits per heavy atom. The summed E-state index contributed by atoms with van der Waals surface area (Å²) in [4.78, 5) is 13.7. The van der Waals surface area contributed by atoms with Gasteiger partial charge in [-0.3, -0.25) is 9.48 Å². The molecule has 1 aromatic heterocycles. The molecule has 1 aliphatic rings. The molecule has 1 aromatic carbocycles. The first kappa shape index (κ1) is 16.5. The van der Waals surface area contributed by atoms with E-state index in [-0.39, 0.29) is 11.8 Å². The molecule has 128 valence electrons. The highest BCUT2D eigenvalue weighted by molar-refractivity contribution is 5.77. The zero-order chi connectivity index (χ0) is 16.9. The second kappa shape index (κ2) is 7.49. The number of hydrogen-bond acceptors (Lipinski definition) is 4. The van der Waals surface area contributed by atoms with Crippen molar-refractivity contribution < 1.29 is 4.79 Å². The largest absolute Gasteiger partial charge is 0.371 e. The normalized spacial score (nSPS) is 17.9. The highest BCUT2D eigenvalue weighted by Gasteiger charge is 2.23. The van der Waals surface area contributed by atoms with Gasteiger partial charge in [-0.15, -0.1) is 0 Å². The lowest BCUT2D eigenvalue weighted by Crippen LogP contribution is -2.41. The Kier molecular flexibility index (Phi) is 5.15. The first-order valence-electron chi connectivity index (χ1n) is 8.43. The van der Waals surface area contributed by atoms with Gasteiger partial charge < -0.3 is 16.0 Å². The van der Waals surface area contributed by atoms with Gasteiger partial charge >= 0.3 is 0 Å². The Balaban J connectivity index is 1.52. The molecule has 0 aliphatic carbocycles. The number of benzene rings is 1. The number of carbonyl (C=O) groups is 1. The Hall–Kier alpha value is -2.34. The number of aryl methyl sites for hydroxylation is 1. The van der Waals surface area contributed by atoms with Crippen molar-refractivity contribution in [3.8, 4) is 0 Å². The summed E-state index contributed by atoms with van der Waals surface area (Å²) in [6.45, 7) is 3.34. The van der Waals surface area contributed by atoms with E-state index < -0.39 is 0 Å². The van der Waals surface area contributed by atoms with E-state index >= 15 is 0 Å². The summed E-state index contributed by atoms with van der Waals surface area (Å²) in [6.07, 6.45) is 5.81. The molecule has 2 aromatic rings. The van der Waals surface area contributed by atoms with Crippen molar-refractivity contribution in [2.24, 2.45) is 18.7 Å². The highest BCUT2D eigenvalue weighted by Crippen LogP contribution is 2.23. The minimum Gasteiger partial charge on any atom is -0.371 e. The fraction of sp³-hybridized carbons (Fsp3) is 0.444. The number of aromatic nitrogens is 2. The van der Waals surface area contributed by atoms with Crippen molar-refractivity contribution in [3.63, 3.8) is 0 Å². The first-order valence-corrected chi connectivity index (χ1v) is 8.43.